The van der Waals surface area contributed by atoms with Crippen molar-refractivity contribution >= 4 is 17.3 Å². The molecular weight excluding hydrogens is 250 g/mol. The van der Waals surface area contributed by atoms with Crippen LogP contribution in [0.2, 0.25) is 0 Å². The molecule has 2 aromatic rings. The zero-order valence-corrected chi connectivity index (χ0v) is 11.8. The van der Waals surface area contributed by atoms with Gasteiger partial charge in [0.1, 0.15) is 0 Å². The predicted molar refractivity (Wildman–Crippen MR) is 81.8 cm³/mol. The molecule has 1 amide bonds. The standard InChI is InChI=1S/C16H19N3O/c1-3-9-19(15-6-4-5-14(17)10-15)16(20)13-8-7-12(2)18-11-13/h4-8,10-11H,3,9,17H2,1-2H3. The highest BCUT2D eigenvalue weighted by atomic mass is 16.2. The van der Waals surface area contributed by atoms with E-state index in [0.717, 1.165) is 17.8 Å². The first-order valence-electron chi connectivity index (χ1n) is 6.72. The fourth-order valence-corrected chi connectivity index (χ4v) is 2.01. The van der Waals surface area contributed by atoms with Gasteiger partial charge in [0.05, 0.1) is 5.56 Å². The van der Waals surface area contributed by atoms with Crippen molar-refractivity contribution in [2.24, 2.45) is 0 Å². The lowest BCUT2D eigenvalue weighted by atomic mass is 10.2. The Kier molecular flexibility index (Phi) is 4.35. The van der Waals surface area contributed by atoms with E-state index in [0.29, 0.717) is 17.8 Å². The molecule has 0 radical (unpaired) electrons. The molecule has 1 aromatic carbocycles. The van der Waals surface area contributed by atoms with Crippen LogP contribution >= 0.6 is 0 Å². The molecule has 0 aliphatic carbocycles. The second-order valence-corrected chi connectivity index (χ2v) is 4.74. The fourth-order valence-electron chi connectivity index (χ4n) is 2.01. The lowest BCUT2D eigenvalue weighted by Crippen LogP contribution is -2.31. The molecule has 2 N–H and O–H groups in total. The van der Waals surface area contributed by atoms with Gasteiger partial charge < -0.3 is 10.6 Å². The maximum atomic E-state index is 12.6. The Balaban J connectivity index is 2.33. The first kappa shape index (κ1) is 14.1. The minimum atomic E-state index is -0.0510. The lowest BCUT2D eigenvalue weighted by molar-refractivity contribution is 0.0986. The van der Waals surface area contributed by atoms with Crippen LogP contribution in [0.15, 0.2) is 42.6 Å². The van der Waals surface area contributed by atoms with Gasteiger partial charge in [-0.1, -0.05) is 13.0 Å². The van der Waals surface area contributed by atoms with Crippen LogP contribution in [-0.2, 0) is 0 Å². The zero-order chi connectivity index (χ0) is 14.5. The molecule has 0 saturated carbocycles. The smallest absolute Gasteiger partial charge is 0.259 e. The summed E-state index contributed by atoms with van der Waals surface area (Å²) < 4.78 is 0. The van der Waals surface area contributed by atoms with Gasteiger partial charge in [0.2, 0.25) is 0 Å². The summed E-state index contributed by atoms with van der Waals surface area (Å²) in [4.78, 5) is 18.5. The third-order valence-corrected chi connectivity index (χ3v) is 3.03. The van der Waals surface area contributed by atoms with Crippen molar-refractivity contribution in [2.75, 3.05) is 17.2 Å². The number of rotatable bonds is 4. The molecule has 0 saturated heterocycles. The molecule has 20 heavy (non-hydrogen) atoms. The van der Waals surface area contributed by atoms with Crippen molar-refractivity contribution in [2.45, 2.75) is 20.3 Å². The molecule has 0 spiro atoms. The van der Waals surface area contributed by atoms with E-state index in [1.165, 1.54) is 0 Å². The largest absolute Gasteiger partial charge is 0.399 e. The number of aromatic nitrogens is 1. The number of aryl methyl sites for hydroxylation is 1. The molecule has 0 aliphatic heterocycles. The van der Waals surface area contributed by atoms with E-state index in [1.54, 1.807) is 17.2 Å². The molecule has 104 valence electrons. The van der Waals surface area contributed by atoms with Crippen LogP contribution in [0.4, 0.5) is 11.4 Å². The summed E-state index contributed by atoms with van der Waals surface area (Å²) in [6.45, 7) is 4.59. The highest BCUT2D eigenvalue weighted by Gasteiger charge is 2.17. The number of nitrogen functional groups attached to an aromatic ring is 1. The van der Waals surface area contributed by atoms with E-state index >= 15 is 0 Å². The number of nitrogens with zero attached hydrogens (tertiary/aromatic N) is 2. The minimum absolute atomic E-state index is 0.0510. The summed E-state index contributed by atoms with van der Waals surface area (Å²) >= 11 is 0. The number of nitrogens with two attached hydrogens (primary N) is 1. The summed E-state index contributed by atoms with van der Waals surface area (Å²) in [7, 11) is 0. The summed E-state index contributed by atoms with van der Waals surface area (Å²) in [5.74, 6) is -0.0510. The first-order valence-corrected chi connectivity index (χ1v) is 6.72. The molecule has 0 aliphatic rings. The van der Waals surface area contributed by atoms with Crippen molar-refractivity contribution in [3.05, 3.63) is 53.9 Å². The Labute approximate surface area is 119 Å². The second kappa shape index (κ2) is 6.19. The Morgan fingerprint density at radius 1 is 1.30 bits per heavy atom. The van der Waals surface area contributed by atoms with Crippen LogP contribution in [-0.4, -0.2) is 17.4 Å². The van der Waals surface area contributed by atoms with E-state index in [-0.39, 0.29) is 5.91 Å². The fraction of sp³-hybridized carbons (Fsp3) is 0.250. The quantitative estimate of drug-likeness (QED) is 0.868. The number of pyridine rings is 1. The van der Waals surface area contributed by atoms with Crippen LogP contribution in [0.1, 0.15) is 29.4 Å². The van der Waals surface area contributed by atoms with Gasteiger partial charge in [0.15, 0.2) is 0 Å². The summed E-state index contributed by atoms with van der Waals surface area (Å²) in [5, 5.41) is 0. The third kappa shape index (κ3) is 3.15. The third-order valence-electron chi connectivity index (χ3n) is 3.03. The Hall–Kier alpha value is -2.36. The molecular formula is C16H19N3O. The van der Waals surface area contributed by atoms with Gasteiger partial charge >= 0.3 is 0 Å². The molecule has 2 rings (SSSR count). The molecule has 0 bridgehead atoms. The molecule has 0 unspecified atom stereocenters. The SMILES string of the molecule is CCCN(C(=O)c1ccc(C)nc1)c1cccc(N)c1. The maximum absolute atomic E-state index is 12.6. The van der Waals surface area contributed by atoms with Crippen LogP contribution in [0.3, 0.4) is 0 Å². The molecule has 1 heterocycles. The summed E-state index contributed by atoms with van der Waals surface area (Å²) in [5.41, 5.74) is 8.75. The zero-order valence-electron chi connectivity index (χ0n) is 11.8. The molecule has 1 aromatic heterocycles. The molecule has 4 nitrogen and oxygen atoms in total. The Morgan fingerprint density at radius 2 is 2.10 bits per heavy atom. The van der Waals surface area contributed by atoms with E-state index < -0.39 is 0 Å². The van der Waals surface area contributed by atoms with Crippen molar-refractivity contribution in [3.63, 3.8) is 0 Å². The average Bonchev–Trinajstić information content (AvgIpc) is 2.45. The van der Waals surface area contributed by atoms with Crippen LogP contribution in [0.25, 0.3) is 0 Å². The second-order valence-electron chi connectivity index (χ2n) is 4.74. The number of carbonyl (C=O) groups is 1. The monoisotopic (exact) mass is 269 g/mol. The van der Waals surface area contributed by atoms with Crippen molar-refractivity contribution in [1.29, 1.82) is 0 Å². The molecule has 0 fully saturated rings. The van der Waals surface area contributed by atoms with Crippen LogP contribution < -0.4 is 10.6 Å². The van der Waals surface area contributed by atoms with Gasteiger partial charge in [0, 0.05) is 29.8 Å². The average molecular weight is 269 g/mol. The topological polar surface area (TPSA) is 59.2 Å². The van der Waals surface area contributed by atoms with Crippen molar-refractivity contribution in [3.8, 4) is 0 Å². The van der Waals surface area contributed by atoms with Crippen LogP contribution in [0.5, 0.6) is 0 Å². The van der Waals surface area contributed by atoms with Gasteiger partial charge in [-0.15, -0.1) is 0 Å². The summed E-state index contributed by atoms with van der Waals surface area (Å²) in [6, 6.07) is 11.0. The lowest BCUT2D eigenvalue weighted by Gasteiger charge is -2.22. The van der Waals surface area contributed by atoms with Gasteiger partial charge in [0.25, 0.3) is 5.91 Å². The van der Waals surface area contributed by atoms with E-state index in [4.69, 9.17) is 5.73 Å². The Morgan fingerprint density at radius 3 is 2.70 bits per heavy atom. The highest BCUT2D eigenvalue weighted by molar-refractivity contribution is 6.06. The number of amides is 1. The van der Waals surface area contributed by atoms with Crippen LogP contribution in [0, 0.1) is 6.92 Å². The number of anilines is 2. The van der Waals surface area contributed by atoms with E-state index in [2.05, 4.69) is 4.98 Å². The number of hydrogen-bond acceptors (Lipinski definition) is 3. The van der Waals surface area contributed by atoms with Gasteiger partial charge in [-0.25, -0.2) is 0 Å². The van der Waals surface area contributed by atoms with Crippen molar-refractivity contribution < 1.29 is 4.79 Å². The van der Waals surface area contributed by atoms with Gasteiger partial charge in [-0.05, 0) is 43.7 Å². The number of hydrogen-bond donors (Lipinski definition) is 1. The maximum Gasteiger partial charge on any atom is 0.259 e. The van der Waals surface area contributed by atoms with Gasteiger partial charge in [-0.2, -0.15) is 0 Å². The number of carbonyl (C=O) groups excluding carboxylic acids is 1. The molecule has 0 atom stereocenters. The number of benzene rings is 1. The van der Waals surface area contributed by atoms with E-state index in [1.807, 2.05) is 44.2 Å². The minimum Gasteiger partial charge on any atom is -0.399 e. The van der Waals surface area contributed by atoms with E-state index in [9.17, 15) is 4.79 Å². The van der Waals surface area contributed by atoms with Crippen molar-refractivity contribution in [1.82, 2.24) is 4.98 Å². The highest BCUT2D eigenvalue weighted by Crippen LogP contribution is 2.20. The first-order chi connectivity index (χ1) is 9.61. The molecule has 4 heteroatoms. The Bertz CT molecular complexity index is 593. The normalized spacial score (nSPS) is 10.3. The summed E-state index contributed by atoms with van der Waals surface area (Å²) in [6.07, 6.45) is 2.49. The predicted octanol–water partition coefficient (Wildman–Crippen LogP) is 3.03. The van der Waals surface area contributed by atoms with Gasteiger partial charge in [-0.3, -0.25) is 9.78 Å².